The Labute approximate surface area is 65.9 Å². The Morgan fingerprint density at radius 3 is 3.00 bits per heavy atom. The second kappa shape index (κ2) is 2.64. The maximum absolute atomic E-state index is 9.50. The highest BCUT2D eigenvalue weighted by Gasteiger charge is 2.15. The van der Waals surface area contributed by atoms with Crippen molar-refractivity contribution in [2.24, 2.45) is 0 Å². The number of hydrogen-bond donors (Lipinski definition) is 2. The lowest BCUT2D eigenvalue weighted by atomic mass is 9.99. The lowest BCUT2D eigenvalue weighted by molar-refractivity contribution is 0.165. The Balaban J connectivity index is 2.44. The molecule has 1 aliphatic rings. The van der Waals surface area contributed by atoms with Gasteiger partial charge in [-0.05, 0) is 11.1 Å². The first kappa shape index (κ1) is 6.83. The number of aliphatic hydroxyl groups excluding tert-OH is 1. The van der Waals surface area contributed by atoms with Gasteiger partial charge in [0.25, 0.3) is 0 Å². The Bertz CT molecular complexity index is 259. The van der Waals surface area contributed by atoms with Gasteiger partial charge in [-0.3, -0.25) is 0 Å². The average Bonchev–Trinajstić information content (AvgIpc) is 2.06. The van der Waals surface area contributed by atoms with Crippen LogP contribution in [0, 0.1) is 0 Å². The summed E-state index contributed by atoms with van der Waals surface area (Å²) < 4.78 is 0. The fourth-order valence-corrected chi connectivity index (χ4v) is 1.47. The molecule has 0 aromatic heterocycles. The van der Waals surface area contributed by atoms with Gasteiger partial charge in [-0.1, -0.05) is 24.3 Å². The van der Waals surface area contributed by atoms with Gasteiger partial charge in [0.15, 0.2) is 0 Å². The third-order valence-corrected chi connectivity index (χ3v) is 2.07. The van der Waals surface area contributed by atoms with Crippen molar-refractivity contribution in [1.82, 2.24) is 5.32 Å². The Morgan fingerprint density at radius 1 is 1.36 bits per heavy atom. The minimum absolute atomic E-state index is 0.319. The van der Waals surface area contributed by atoms with Crippen molar-refractivity contribution >= 4 is 0 Å². The van der Waals surface area contributed by atoms with Crippen LogP contribution in [0.1, 0.15) is 17.2 Å². The Kier molecular flexibility index (Phi) is 1.64. The standard InChI is InChI=1S/C9H11NO/c11-9-6-10-5-7-3-1-2-4-8(7)9/h1-4,9-11H,5-6H2/t9-/m0/s1. The smallest absolute Gasteiger partial charge is 0.0917 e. The van der Waals surface area contributed by atoms with Crippen molar-refractivity contribution in [2.45, 2.75) is 12.6 Å². The van der Waals surface area contributed by atoms with E-state index in [0.717, 1.165) is 12.1 Å². The van der Waals surface area contributed by atoms with E-state index in [4.69, 9.17) is 0 Å². The quantitative estimate of drug-likeness (QED) is 0.572. The normalized spacial score (nSPS) is 22.8. The first-order valence-corrected chi connectivity index (χ1v) is 3.84. The molecule has 0 bridgehead atoms. The van der Waals surface area contributed by atoms with E-state index in [1.54, 1.807) is 0 Å². The predicted octanol–water partition coefficient (Wildman–Crippen LogP) is 0.823. The van der Waals surface area contributed by atoms with Crippen LogP contribution in [-0.2, 0) is 6.54 Å². The topological polar surface area (TPSA) is 32.3 Å². The molecule has 0 unspecified atom stereocenters. The second-order valence-corrected chi connectivity index (χ2v) is 2.85. The van der Waals surface area contributed by atoms with E-state index in [9.17, 15) is 5.11 Å². The summed E-state index contributed by atoms with van der Waals surface area (Å²) in [5, 5.41) is 12.6. The van der Waals surface area contributed by atoms with Crippen molar-refractivity contribution < 1.29 is 5.11 Å². The molecule has 0 aliphatic carbocycles. The fourth-order valence-electron chi connectivity index (χ4n) is 1.47. The summed E-state index contributed by atoms with van der Waals surface area (Å²) in [6, 6.07) is 8.00. The van der Waals surface area contributed by atoms with E-state index in [-0.39, 0.29) is 6.10 Å². The minimum Gasteiger partial charge on any atom is -0.387 e. The summed E-state index contributed by atoms with van der Waals surface area (Å²) in [5.41, 5.74) is 2.29. The molecule has 0 fully saturated rings. The Hall–Kier alpha value is -0.860. The van der Waals surface area contributed by atoms with E-state index in [1.807, 2.05) is 24.3 Å². The highest BCUT2D eigenvalue weighted by molar-refractivity contribution is 5.30. The number of benzene rings is 1. The van der Waals surface area contributed by atoms with E-state index in [1.165, 1.54) is 5.56 Å². The molecule has 1 aromatic carbocycles. The number of β-amino-alcohol motifs (C(OH)–C–C–N with tert-alkyl or cyclic N) is 1. The maximum Gasteiger partial charge on any atom is 0.0917 e. The van der Waals surface area contributed by atoms with E-state index >= 15 is 0 Å². The van der Waals surface area contributed by atoms with Crippen LogP contribution in [0.25, 0.3) is 0 Å². The molecular formula is C9H11NO. The molecule has 0 amide bonds. The van der Waals surface area contributed by atoms with Crippen LogP contribution in [-0.4, -0.2) is 11.7 Å². The number of fused-ring (bicyclic) bond motifs is 1. The van der Waals surface area contributed by atoms with Crippen molar-refractivity contribution in [3.8, 4) is 0 Å². The first-order chi connectivity index (χ1) is 5.38. The molecule has 1 atom stereocenters. The molecule has 0 saturated heterocycles. The molecule has 11 heavy (non-hydrogen) atoms. The van der Waals surface area contributed by atoms with Crippen LogP contribution in [0.3, 0.4) is 0 Å². The summed E-state index contributed by atoms with van der Waals surface area (Å²) >= 11 is 0. The van der Waals surface area contributed by atoms with Crippen LogP contribution in [0.2, 0.25) is 0 Å². The molecular weight excluding hydrogens is 138 g/mol. The summed E-state index contributed by atoms with van der Waals surface area (Å²) in [7, 11) is 0. The third-order valence-electron chi connectivity index (χ3n) is 2.07. The zero-order valence-electron chi connectivity index (χ0n) is 6.25. The van der Waals surface area contributed by atoms with Crippen molar-refractivity contribution in [2.75, 3.05) is 6.54 Å². The highest BCUT2D eigenvalue weighted by Crippen LogP contribution is 2.20. The molecule has 2 N–H and O–H groups in total. The second-order valence-electron chi connectivity index (χ2n) is 2.85. The molecule has 2 nitrogen and oxygen atoms in total. The van der Waals surface area contributed by atoms with Crippen LogP contribution in [0.5, 0.6) is 0 Å². The van der Waals surface area contributed by atoms with E-state index < -0.39 is 0 Å². The van der Waals surface area contributed by atoms with Gasteiger partial charge in [0.2, 0.25) is 0 Å². The van der Waals surface area contributed by atoms with Crippen molar-refractivity contribution in [1.29, 1.82) is 0 Å². The van der Waals surface area contributed by atoms with Gasteiger partial charge in [-0.15, -0.1) is 0 Å². The van der Waals surface area contributed by atoms with Gasteiger partial charge in [-0.25, -0.2) is 0 Å². The number of aliphatic hydroxyl groups is 1. The number of hydrogen-bond acceptors (Lipinski definition) is 2. The monoisotopic (exact) mass is 149 g/mol. The Morgan fingerprint density at radius 2 is 2.18 bits per heavy atom. The lowest BCUT2D eigenvalue weighted by Gasteiger charge is -2.21. The average molecular weight is 149 g/mol. The number of rotatable bonds is 0. The molecule has 58 valence electrons. The van der Waals surface area contributed by atoms with Gasteiger partial charge < -0.3 is 10.4 Å². The molecule has 2 rings (SSSR count). The molecule has 1 aliphatic heterocycles. The molecule has 2 heteroatoms. The third kappa shape index (κ3) is 1.15. The summed E-state index contributed by atoms with van der Waals surface area (Å²) in [4.78, 5) is 0. The van der Waals surface area contributed by atoms with Crippen LogP contribution in [0.4, 0.5) is 0 Å². The molecule has 1 heterocycles. The van der Waals surface area contributed by atoms with Crippen molar-refractivity contribution in [3.63, 3.8) is 0 Å². The van der Waals surface area contributed by atoms with Crippen LogP contribution in [0.15, 0.2) is 24.3 Å². The lowest BCUT2D eigenvalue weighted by Crippen LogP contribution is -2.27. The maximum atomic E-state index is 9.50. The highest BCUT2D eigenvalue weighted by atomic mass is 16.3. The van der Waals surface area contributed by atoms with E-state index in [0.29, 0.717) is 6.54 Å². The van der Waals surface area contributed by atoms with Gasteiger partial charge in [0.1, 0.15) is 0 Å². The van der Waals surface area contributed by atoms with Crippen molar-refractivity contribution in [3.05, 3.63) is 35.4 Å². The molecule has 0 saturated carbocycles. The molecule has 0 radical (unpaired) electrons. The predicted molar refractivity (Wildman–Crippen MR) is 43.1 cm³/mol. The van der Waals surface area contributed by atoms with Crippen LogP contribution >= 0.6 is 0 Å². The largest absolute Gasteiger partial charge is 0.387 e. The SMILES string of the molecule is O[C@H]1CNCc2ccccc21. The molecule has 1 aromatic rings. The van der Waals surface area contributed by atoms with E-state index in [2.05, 4.69) is 5.32 Å². The fraction of sp³-hybridized carbons (Fsp3) is 0.333. The zero-order valence-corrected chi connectivity index (χ0v) is 6.25. The van der Waals surface area contributed by atoms with Gasteiger partial charge >= 0.3 is 0 Å². The first-order valence-electron chi connectivity index (χ1n) is 3.84. The van der Waals surface area contributed by atoms with Crippen LogP contribution < -0.4 is 5.32 Å². The van der Waals surface area contributed by atoms with Gasteiger partial charge in [0.05, 0.1) is 6.10 Å². The van der Waals surface area contributed by atoms with Gasteiger partial charge in [-0.2, -0.15) is 0 Å². The molecule has 0 spiro atoms. The summed E-state index contributed by atoms with van der Waals surface area (Å²) in [6.45, 7) is 1.56. The van der Waals surface area contributed by atoms with Gasteiger partial charge in [0, 0.05) is 13.1 Å². The minimum atomic E-state index is -0.319. The summed E-state index contributed by atoms with van der Waals surface area (Å²) in [5.74, 6) is 0. The zero-order chi connectivity index (χ0) is 7.68. The number of nitrogens with one attached hydrogen (secondary N) is 1. The summed E-state index contributed by atoms with van der Waals surface area (Å²) in [6.07, 6.45) is -0.319.